The van der Waals surface area contributed by atoms with Crippen molar-refractivity contribution in [3.8, 4) is 0 Å². The molecule has 3 rings (SSSR count). The molecule has 1 fully saturated rings. The van der Waals surface area contributed by atoms with Gasteiger partial charge in [-0.25, -0.2) is 9.78 Å². The number of likely N-dealkylation sites (N-methyl/N-ethyl adjacent to an activating group) is 1. The molecule has 0 spiro atoms. The van der Waals surface area contributed by atoms with Crippen LogP contribution in [0, 0.1) is 0 Å². The lowest BCUT2D eigenvalue weighted by Crippen LogP contribution is -2.40. The Bertz CT molecular complexity index is 615. The molecule has 8 heteroatoms. The molecule has 2 N–H and O–H groups in total. The number of hydrogen-bond acceptors (Lipinski definition) is 5. The third kappa shape index (κ3) is 3.64. The minimum atomic E-state index is -0.284. The molecular formula is C15H23N5O2S. The maximum atomic E-state index is 12.1. The minimum absolute atomic E-state index is 0.0954. The molecule has 23 heavy (non-hydrogen) atoms. The Morgan fingerprint density at radius 3 is 2.91 bits per heavy atom. The molecule has 1 unspecified atom stereocenters. The van der Waals surface area contributed by atoms with Gasteiger partial charge >= 0.3 is 6.03 Å². The van der Waals surface area contributed by atoms with E-state index in [1.54, 1.807) is 4.90 Å². The van der Waals surface area contributed by atoms with Crippen LogP contribution in [0.5, 0.6) is 0 Å². The van der Waals surface area contributed by atoms with Gasteiger partial charge in [0.05, 0.1) is 11.7 Å². The van der Waals surface area contributed by atoms with Gasteiger partial charge in [-0.15, -0.1) is 11.3 Å². The number of thiazole rings is 1. The molecule has 1 saturated heterocycles. The Hall–Kier alpha value is -1.67. The molecule has 1 aromatic heterocycles. The molecular weight excluding hydrogens is 314 g/mol. The van der Waals surface area contributed by atoms with Crippen LogP contribution in [-0.4, -0.2) is 58.9 Å². The normalized spacial score (nSPS) is 21.7. The fourth-order valence-corrected chi connectivity index (χ4v) is 4.11. The fourth-order valence-electron chi connectivity index (χ4n) is 3.02. The highest BCUT2D eigenvalue weighted by Gasteiger charge is 2.32. The lowest BCUT2D eigenvalue weighted by atomic mass is 10.2. The first kappa shape index (κ1) is 16.2. The number of amides is 3. The van der Waals surface area contributed by atoms with Gasteiger partial charge in [0.2, 0.25) is 5.91 Å². The molecule has 0 aliphatic carbocycles. The van der Waals surface area contributed by atoms with E-state index >= 15 is 0 Å². The summed E-state index contributed by atoms with van der Waals surface area (Å²) < 4.78 is 0. The number of fused-ring (bicyclic) bond motifs is 1. The maximum absolute atomic E-state index is 12.1. The van der Waals surface area contributed by atoms with Gasteiger partial charge in [-0.05, 0) is 20.9 Å². The number of nitrogens with one attached hydrogen (secondary N) is 2. The van der Waals surface area contributed by atoms with Crippen LogP contribution in [0.25, 0.3) is 0 Å². The first-order valence-electron chi connectivity index (χ1n) is 7.96. The molecule has 0 saturated carbocycles. The molecule has 7 nitrogen and oxygen atoms in total. The highest BCUT2D eigenvalue weighted by molar-refractivity contribution is 7.15. The second-order valence-electron chi connectivity index (χ2n) is 6.52. The first-order chi connectivity index (χ1) is 10.9. The van der Waals surface area contributed by atoms with Crippen LogP contribution >= 0.6 is 11.3 Å². The van der Waals surface area contributed by atoms with Crippen molar-refractivity contribution in [2.24, 2.45) is 0 Å². The van der Waals surface area contributed by atoms with Crippen LogP contribution in [0.1, 0.15) is 30.8 Å². The number of urea groups is 1. The lowest BCUT2D eigenvalue weighted by molar-refractivity contribution is -0.129. The van der Waals surface area contributed by atoms with Gasteiger partial charge in [0.1, 0.15) is 0 Å². The largest absolute Gasteiger partial charge is 0.338 e. The Morgan fingerprint density at radius 1 is 1.43 bits per heavy atom. The molecule has 126 valence electrons. The third-order valence-electron chi connectivity index (χ3n) is 4.26. The SMILES string of the molecule is CC(C)N1CC(NC(=O)Nc2nc3c(s2)CN(C)CC3)CC1=O. The van der Waals surface area contributed by atoms with E-state index in [0.717, 1.165) is 25.2 Å². The summed E-state index contributed by atoms with van der Waals surface area (Å²) in [6.07, 6.45) is 1.29. The van der Waals surface area contributed by atoms with Crippen molar-refractivity contribution in [2.75, 3.05) is 25.5 Å². The summed E-state index contributed by atoms with van der Waals surface area (Å²) >= 11 is 1.53. The average molecular weight is 337 g/mol. The molecule has 0 aromatic carbocycles. The van der Waals surface area contributed by atoms with Gasteiger partial charge in [0, 0.05) is 43.4 Å². The van der Waals surface area contributed by atoms with Crippen molar-refractivity contribution in [3.05, 3.63) is 10.6 Å². The first-order valence-corrected chi connectivity index (χ1v) is 8.78. The number of carbonyl (C=O) groups excluding carboxylic acids is 2. The van der Waals surface area contributed by atoms with E-state index in [4.69, 9.17) is 0 Å². The van der Waals surface area contributed by atoms with Crippen molar-refractivity contribution < 1.29 is 9.59 Å². The van der Waals surface area contributed by atoms with E-state index in [1.165, 1.54) is 16.2 Å². The minimum Gasteiger partial charge on any atom is -0.338 e. The van der Waals surface area contributed by atoms with Crippen molar-refractivity contribution in [1.82, 2.24) is 20.1 Å². The van der Waals surface area contributed by atoms with Crippen LogP contribution < -0.4 is 10.6 Å². The van der Waals surface area contributed by atoms with E-state index < -0.39 is 0 Å². The number of nitrogens with zero attached hydrogens (tertiary/aromatic N) is 3. The number of aromatic nitrogens is 1. The number of likely N-dealkylation sites (tertiary alicyclic amines) is 1. The average Bonchev–Trinajstić information content (AvgIpc) is 3.01. The maximum Gasteiger partial charge on any atom is 0.321 e. The predicted octanol–water partition coefficient (Wildman–Crippen LogP) is 1.26. The third-order valence-corrected chi connectivity index (χ3v) is 5.26. The number of hydrogen-bond donors (Lipinski definition) is 2. The van der Waals surface area contributed by atoms with E-state index in [0.29, 0.717) is 18.1 Å². The molecule has 1 aromatic rings. The van der Waals surface area contributed by atoms with Crippen LogP contribution in [0.2, 0.25) is 0 Å². The van der Waals surface area contributed by atoms with Gasteiger partial charge in [0.25, 0.3) is 0 Å². The summed E-state index contributed by atoms with van der Waals surface area (Å²) in [5.41, 5.74) is 1.09. The summed E-state index contributed by atoms with van der Waals surface area (Å²) in [5, 5.41) is 6.32. The Morgan fingerprint density at radius 2 is 2.22 bits per heavy atom. The van der Waals surface area contributed by atoms with Crippen molar-refractivity contribution in [3.63, 3.8) is 0 Å². The number of anilines is 1. The van der Waals surface area contributed by atoms with Crippen molar-refractivity contribution >= 4 is 28.4 Å². The molecule has 1 atom stereocenters. The molecule has 0 radical (unpaired) electrons. The zero-order valence-electron chi connectivity index (χ0n) is 13.8. The summed E-state index contributed by atoms with van der Waals surface area (Å²) in [5.74, 6) is 0.0954. The highest BCUT2D eigenvalue weighted by atomic mass is 32.1. The van der Waals surface area contributed by atoms with Crippen molar-refractivity contribution in [1.29, 1.82) is 0 Å². The van der Waals surface area contributed by atoms with E-state index in [2.05, 4.69) is 27.6 Å². The summed E-state index contributed by atoms with van der Waals surface area (Å²) in [7, 11) is 2.08. The molecule has 0 bridgehead atoms. The van der Waals surface area contributed by atoms with E-state index in [-0.39, 0.29) is 24.0 Å². The van der Waals surface area contributed by atoms with Crippen molar-refractivity contribution in [2.45, 2.75) is 45.3 Å². The van der Waals surface area contributed by atoms with E-state index in [9.17, 15) is 9.59 Å². The standard InChI is InChI=1S/C15H23N5O2S/c1-9(2)20-7-10(6-13(20)21)16-14(22)18-15-17-11-4-5-19(3)8-12(11)23-15/h9-10H,4-8H2,1-3H3,(H2,16,17,18,22). The molecule has 3 amide bonds. The monoisotopic (exact) mass is 337 g/mol. The quantitative estimate of drug-likeness (QED) is 0.870. The summed E-state index contributed by atoms with van der Waals surface area (Å²) in [6, 6.07) is -0.251. The van der Waals surface area contributed by atoms with E-state index in [1.807, 2.05) is 13.8 Å². The highest BCUT2D eigenvalue weighted by Crippen LogP contribution is 2.27. The van der Waals surface area contributed by atoms with Gasteiger partial charge < -0.3 is 15.1 Å². The molecule has 2 aliphatic rings. The fraction of sp³-hybridized carbons (Fsp3) is 0.667. The van der Waals surface area contributed by atoms with Crippen LogP contribution in [0.4, 0.5) is 9.93 Å². The zero-order chi connectivity index (χ0) is 16.6. The van der Waals surface area contributed by atoms with Crippen LogP contribution in [0.3, 0.4) is 0 Å². The second kappa shape index (κ2) is 6.45. The van der Waals surface area contributed by atoms with Crippen LogP contribution in [0.15, 0.2) is 0 Å². The smallest absolute Gasteiger partial charge is 0.321 e. The number of carbonyl (C=O) groups is 2. The summed E-state index contributed by atoms with van der Waals surface area (Å²) in [4.78, 5) is 33.8. The zero-order valence-corrected chi connectivity index (χ0v) is 14.6. The Kier molecular flexibility index (Phi) is 4.54. The van der Waals surface area contributed by atoms with Gasteiger partial charge in [-0.3, -0.25) is 10.1 Å². The second-order valence-corrected chi connectivity index (χ2v) is 7.60. The molecule has 3 heterocycles. The topological polar surface area (TPSA) is 77.6 Å². The summed E-state index contributed by atoms with van der Waals surface area (Å²) in [6.45, 7) is 6.42. The Balaban J connectivity index is 1.55. The number of rotatable bonds is 3. The molecule has 2 aliphatic heterocycles. The van der Waals surface area contributed by atoms with Crippen LogP contribution in [-0.2, 0) is 17.8 Å². The van der Waals surface area contributed by atoms with Gasteiger partial charge in [-0.2, -0.15) is 0 Å². The van der Waals surface area contributed by atoms with Gasteiger partial charge in [0.15, 0.2) is 5.13 Å². The predicted molar refractivity (Wildman–Crippen MR) is 89.6 cm³/mol. The Labute approximate surface area is 140 Å². The van der Waals surface area contributed by atoms with Gasteiger partial charge in [-0.1, -0.05) is 0 Å². The lowest BCUT2D eigenvalue weighted by Gasteiger charge is -2.21.